The molecule has 0 saturated heterocycles. The third-order valence-corrected chi connectivity index (χ3v) is 7.84. The van der Waals surface area contributed by atoms with Gasteiger partial charge in [-0.2, -0.15) is 0 Å². The van der Waals surface area contributed by atoms with E-state index in [0.29, 0.717) is 49.5 Å². The molecule has 6 N–H and O–H groups in total. The minimum Gasteiger partial charge on any atom is -0.507 e. The van der Waals surface area contributed by atoms with Crippen molar-refractivity contribution < 1.29 is 10.2 Å². The van der Waals surface area contributed by atoms with Gasteiger partial charge in [-0.1, -0.05) is 107 Å². The third kappa shape index (κ3) is 12.4. The molecule has 0 radical (unpaired) electrons. The Morgan fingerprint density at radius 2 is 0.791 bits per heavy atom. The molecule has 6 heteroatoms. The molecule has 0 atom stereocenters. The Labute approximate surface area is 263 Å². The number of hydrogen-bond donors (Lipinski definition) is 6. The summed E-state index contributed by atoms with van der Waals surface area (Å²) >= 11 is 0. The van der Waals surface area contributed by atoms with Gasteiger partial charge in [0.2, 0.25) is 0 Å². The number of phenolic OH excluding ortho intramolecular Hbond substituents is 2. The fraction of sp³-hybridized carbons (Fsp3) is 0.676. The van der Waals surface area contributed by atoms with Crippen molar-refractivity contribution in [1.29, 1.82) is 0 Å². The predicted octanol–water partition coefficient (Wildman–Crippen LogP) is 7.09. The van der Waals surface area contributed by atoms with Gasteiger partial charge in [0.05, 0.1) is 0 Å². The van der Waals surface area contributed by atoms with Gasteiger partial charge >= 0.3 is 0 Å². The molecule has 0 aliphatic heterocycles. The number of nitrogens with one attached hydrogen (secondary N) is 4. The van der Waals surface area contributed by atoms with Crippen LogP contribution in [0.5, 0.6) is 11.5 Å². The van der Waals surface area contributed by atoms with Gasteiger partial charge in [-0.25, -0.2) is 0 Å². The van der Waals surface area contributed by atoms with Gasteiger partial charge in [0.1, 0.15) is 11.5 Å². The Morgan fingerprint density at radius 3 is 1.05 bits per heavy atom. The highest BCUT2D eigenvalue weighted by Gasteiger charge is 2.22. The molecule has 2 aromatic rings. The zero-order valence-electron chi connectivity index (χ0n) is 29.5. The largest absolute Gasteiger partial charge is 0.507 e. The fourth-order valence-electron chi connectivity index (χ4n) is 5.05. The second kappa shape index (κ2) is 15.7. The molecular formula is C37H64N4O2. The standard InChI is InChI=1S/C37H64N4O2/c1-25(2)17-38-19-27-13-31(35(5,6)7)15-29(33(27)42)21-40-23-37(11,12)24-41-22-30-16-32(36(8,9)10)14-28(34(30)43)20-39-18-26(3)4/h13-16,25-26,38-43H,17-24H2,1-12H3. The SMILES string of the molecule is CC(C)CNCc1cc(C(C)(C)C)cc(CNCC(C)(C)CNCc2cc(C(C)(C)C)cc(CNCC(C)C)c2O)c1O. The molecule has 0 aliphatic rings. The van der Waals surface area contributed by atoms with E-state index >= 15 is 0 Å². The smallest absolute Gasteiger partial charge is 0.124 e. The lowest BCUT2D eigenvalue weighted by atomic mass is 9.84. The maximum atomic E-state index is 11.1. The predicted molar refractivity (Wildman–Crippen MR) is 184 cm³/mol. The number of aromatic hydroxyl groups is 2. The number of benzene rings is 2. The Kier molecular flexibility index (Phi) is 13.6. The maximum Gasteiger partial charge on any atom is 0.124 e. The molecule has 0 spiro atoms. The van der Waals surface area contributed by atoms with Gasteiger partial charge in [-0.3, -0.25) is 0 Å². The quantitative estimate of drug-likeness (QED) is 0.124. The number of hydrogen-bond acceptors (Lipinski definition) is 6. The van der Waals surface area contributed by atoms with Gasteiger partial charge < -0.3 is 31.5 Å². The third-order valence-electron chi connectivity index (χ3n) is 7.84. The lowest BCUT2D eigenvalue weighted by Crippen LogP contribution is -2.37. The van der Waals surface area contributed by atoms with Crippen LogP contribution in [0.25, 0.3) is 0 Å². The Bertz CT molecular complexity index is 1070. The van der Waals surface area contributed by atoms with Crippen LogP contribution in [-0.4, -0.2) is 36.4 Å². The van der Waals surface area contributed by atoms with E-state index in [9.17, 15) is 10.2 Å². The van der Waals surface area contributed by atoms with Crippen molar-refractivity contribution in [3.05, 3.63) is 57.6 Å². The Hall–Kier alpha value is -2.12. The van der Waals surface area contributed by atoms with Gasteiger partial charge in [-0.15, -0.1) is 0 Å². The summed E-state index contributed by atoms with van der Waals surface area (Å²) in [7, 11) is 0. The summed E-state index contributed by atoms with van der Waals surface area (Å²) in [5, 5.41) is 36.5. The second-order valence-electron chi connectivity index (χ2n) is 16.2. The molecule has 2 aromatic carbocycles. The highest BCUT2D eigenvalue weighted by Crippen LogP contribution is 2.33. The normalized spacial score (nSPS) is 13.0. The first-order valence-corrected chi connectivity index (χ1v) is 16.3. The molecule has 0 amide bonds. The summed E-state index contributed by atoms with van der Waals surface area (Å²) in [6.45, 7) is 32.5. The summed E-state index contributed by atoms with van der Waals surface area (Å²) in [6.07, 6.45) is 0. The van der Waals surface area contributed by atoms with Crippen LogP contribution >= 0.6 is 0 Å². The molecule has 244 valence electrons. The zero-order chi connectivity index (χ0) is 32.6. The van der Waals surface area contributed by atoms with Crippen molar-refractivity contribution in [2.45, 2.75) is 120 Å². The van der Waals surface area contributed by atoms with Crippen molar-refractivity contribution in [2.24, 2.45) is 17.3 Å². The highest BCUT2D eigenvalue weighted by molar-refractivity contribution is 5.46. The number of phenols is 2. The van der Waals surface area contributed by atoms with Crippen LogP contribution in [-0.2, 0) is 37.0 Å². The lowest BCUT2D eigenvalue weighted by Gasteiger charge is -2.27. The van der Waals surface area contributed by atoms with Crippen LogP contribution in [0, 0.1) is 17.3 Å². The average molecular weight is 597 g/mol. The average Bonchev–Trinajstić information content (AvgIpc) is 2.85. The molecule has 2 rings (SSSR count). The first-order valence-electron chi connectivity index (χ1n) is 16.3. The zero-order valence-corrected chi connectivity index (χ0v) is 29.5. The molecule has 0 saturated carbocycles. The van der Waals surface area contributed by atoms with E-state index < -0.39 is 0 Å². The molecule has 0 aromatic heterocycles. The van der Waals surface area contributed by atoms with E-state index in [4.69, 9.17) is 0 Å². The summed E-state index contributed by atoms with van der Waals surface area (Å²) in [4.78, 5) is 0. The summed E-state index contributed by atoms with van der Waals surface area (Å²) in [6, 6.07) is 8.60. The molecule has 43 heavy (non-hydrogen) atoms. The molecule has 0 unspecified atom stereocenters. The van der Waals surface area contributed by atoms with Crippen LogP contribution in [0.1, 0.15) is 116 Å². The Morgan fingerprint density at radius 1 is 0.512 bits per heavy atom. The molecule has 0 fully saturated rings. The molecule has 0 heterocycles. The monoisotopic (exact) mass is 597 g/mol. The van der Waals surface area contributed by atoms with Crippen LogP contribution in [0.3, 0.4) is 0 Å². The van der Waals surface area contributed by atoms with Crippen LogP contribution in [0.2, 0.25) is 0 Å². The van der Waals surface area contributed by atoms with Crippen molar-refractivity contribution in [2.75, 3.05) is 26.2 Å². The van der Waals surface area contributed by atoms with E-state index in [2.05, 4.69) is 129 Å². The molecule has 0 bridgehead atoms. The first kappa shape index (κ1) is 37.1. The van der Waals surface area contributed by atoms with Crippen molar-refractivity contribution in [1.82, 2.24) is 21.3 Å². The van der Waals surface area contributed by atoms with Gasteiger partial charge in [0.15, 0.2) is 0 Å². The maximum absolute atomic E-state index is 11.1. The molecular weight excluding hydrogens is 532 g/mol. The highest BCUT2D eigenvalue weighted by atomic mass is 16.3. The van der Waals surface area contributed by atoms with Gasteiger partial charge in [-0.05, 0) is 52.3 Å². The topological polar surface area (TPSA) is 88.6 Å². The second-order valence-corrected chi connectivity index (χ2v) is 16.2. The van der Waals surface area contributed by atoms with E-state index in [-0.39, 0.29) is 16.2 Å². The van der Waals surface area contributed by atoms with Crippen molar-refractivity contribution >= 4 is 0 Å². The van der Waals surface area contributed by atoms with E-state index in [1.807, 2.05) is 0 Å². The van der Waals surface area contributed by atoms with Crippen LogP contribution in [0.4, 0.5) is 0 Å². The minimum atomic E-state index is -0.0299. The summed E-state index contributed by atoms with van der Waals surface area (Å²) in [5.41, 5.74) is 6.25. The fourth-order valence-corrected chi connectivity index (χ4v) is 5.05. The van der Waals surface area contributed by atoms with Crippen LogP contribution < -0.4 is 21.3 Å². The minimum absolute atomic E-state index is 0.00134. The molecule has 6 nitrogen and oxygen atoms in total. The molecule has 0 aliphatic carbocycles. The van der Waals surface area contributed by atoms with E-state index in [0.717, 1.165) is 48.4 Å². The van der Waals surface area contributed by atoms with Crippen molar-refractivity contribution in [3.63, 3.8) is 0 Å². The van der Waals surface area contributed by atoms with E-state index in [1.165, 1.54) is 11.1 Å². The Balaban J connectivity index is 2.07. The lowest BCUT2D eigenvalue weighted by molar-refractivity contribution is 0.316. The van der Waals surface area contributed by atoms with E-state index in [1.54, 1.807) is 0 Å². The van der Waals surface area contributed by atoms with Crippen molar-refractivity contribution in [3.8, 4) is 11.5 Å². The summed E-state index contributed by atoms with van der Waals surface area (Å²) < 4.78 is 0. The number of rotatable bonds is 16. The van der Waals surface area contributed by atoms with Gasteiger partial charge in [0.25, 0.3) is 0 Å². The summed E-state index contributed by atoms with van der Waals surface area (Å²) in [5.74, 6) is 1.90. The van der Waals surface area contributed by atoms with Crippen LogP contribution in [0.15, 0.2) is 24.3 Å². The first-order chi connectivity index (χ1) is 19.8. The van der Waals surface area contributed by atoms with Gasteiger partial charge in [0, 0.05) is 61.5 Å².